The number of carbonyl (C=O) groups excluding carboxylic acids is 1. The Labute approximate surface area is 167 Å². The molecule has 6 nitrogen and oxygen atoms in total. The van der Waals surface area contributed by atoms with E-state index in [9.17, 15) is 13.2 Å². The van der Waals surface area contributed by atoms with Crippen LogP contribution in [0, 0.1) is 6.92 Å². The van der Waals surface area contributed by atoms with Gasteiger partial charge in [0.15, 0.2) is 0 Å². The molecule has 0 aliphatic carbocycles. The molecule has 1 saturated heterocycles. The van der Waals surface area contributed by atoms with Crippen LogP contribution in [0.2, 0.25) is 0 Å². The van der Waals surface area contributed by atoms with Crippen LogP contribution in [0.3, 0.4) is 0 Å². The molecule has 0 amide bonds. The number of aryl methyl sites for hydroxylation is 1. The Morgan fingerprint density at radius 3 is 2.21 bits per heavy atom. The highest BCUT2D eigenvalue weighted by molar-refractivity contribution is 7.85. The summed E-state index contributed by atoms with van der Waals surface area (Å²) in [6.45, 7) is 4.45. The summed E-state index contributed by atoms with van der Waals surface area (Å²) in [5.74, 6) is 0.759. The minimum absolute atomic E-state index is 0.0129. The third-order valence-corrected chi connectivity index (χ3v) is 5.82. The lowest BCUT2D eigenvalue weighted by atomic mass is 9.85. The van der Waals surface area contributed by atoms with Gasteiger partial charge in [0.05, 0.1) is 10.9 Å². The van der Waals surface area contributed by atoms with Gasteiger partial charge in [-0.1, -0.05) is 48.0 Å². The van der Waals surface area contributed by atoms with Gasteiger partial charge < -0.3 is 0 Å². The summed E-state index contributed by atoms with van der Waals surface area (Å²) in [6, 6.07) is 16.5. The molecule has 2 aromatic rings. The Morgan fingerprint density at radius 2 is 1.71 bits per heavy atom. The first-order valence-corrected chi connectivity index (χ1v) is 10.7. The van der Waals surface area contributed by atoms with Gasteiger partial charge in [-0.2, -0.15) is 8.42 Å². The molecule has 1 aliphatic heterocycles. The van der Waals surface area contributed by atoms with E-state index in [1.165, 1.54) is 17.7 Å². The number of nitrogens with zero attached hydrogens (tertiary/aromatic N) is 1. The van der Waals surface area contributed by atoms with E-state index in [0.717, 1.165) is 24.9 Å². The molecule has 2 atom stereocenters. The standard InChI is InChI=1S/C14H20N2O.C7H8O3S/c1-11(17)14-10-13(8-9-16(14)15-2)12-6-4-3-5-7-12;1-6-2-4-7(5-3-6)11(8,9)10/h3-7,13-15H,8-10H2,1-2H3;2-5H,1H3,(H,8,9,10). The Balaban J connectivity index is 0.000000221. The zero-order valence-corrected chi connectivity index (χ0v) is 17.3. The van der Waals surface area contributed by atoms with E-state index in [2.05, 4.69) is 34.7 Å². The molecule has 0 radical (unpaired) electrons. The second-order valence-corrected chi connectivity index (χ2v) is 8.39. The van der Waals surface area contributed by atoms with E-state index < -0.39 is 10.1 Å². The maximum Gasteiger partial charge on any atom is 0.294 e. The van der Waals surface area contributed by atoms with E-state index in [0.29, 0.717) is 5.92 Å². The molecule has 1 aliphatic rings. The van der Waals surface area contributed by atoms with Crippen molar-refractivity contribution in [3.8, 4) is 0 Å². The minimum atomic E-state index is -4.02. The fraction of sp³-hybridized carbons (Fsp3) is 0.381. The molecule has 0 saturated carbocycles. The summed E-state index contributed by atoms with van der Waals surface area (Å²) < 4.78 is 29.6. The first-order chi connectivity index (χ1) is 13.2. The molecule has 28 heavy (non-hydrogen) atoms. The highest BCUT2D eigenvalue weighted by atomic mass is 32.2. The van der Waals surface area contributed by atoms with Crippen molar-refractivity contribution in [3.05, 3.63) is 65.7 Å². The van der Waals surface area contributed by atoms with Crippen molar-refractivity contribution in [1.29, 1.82) is 0 Å². The van der Waals surface area contributed by atoms with Crippen molar-refractivity contribution in [3.63, 3.8) is 0 Å². The first-order valence-electron chi connectivity index (χ1n) is 9.26. The Hall–Kier alpha value is -2.06. The molecule has 0 aromatic heterocycles. The molecular formula is C21H28N2O4S. The fourth-order valence-electron chi connectivity index (χ4n) is 3.36. The fourth-order valence-corrected chi connectivity index (χ4v) is 3.84. The number of hydrazine groups is 1. The molecule has 7 heteroatoms. The third-order valence-electron chi connectivity index (χ3n) is 4.95. The molecule has 3 rings (SSSR count). The summed E-state index contributed by atoms with van der Waals surface area (Å²) in [7, 11) is -2.13. The molecule has 0 bridgehead atoms. The van der Waals surface area contributed by atoms with Crippen molar-refractivity contribution < 1.29 is 17.8 Å². The lowest BCUT2D eigenvalue weighted by molar-refractivity contribution is -0.124. The van der Waals surface area contributed by atoms with Crippen LogP contribution in [0.4, 0.5) is 0 Å². The van der Waals surface area contributed by atoms with Crippen LogP contribution in [-0.2, 0) is 14.9 Å². The number of benzene rings is 2. The largest absolute Gasteiger partial charge is 0.298 e. The summed E-state index contributed by atoms with van der Waals surface area (Å²) in [6.07, 6.45) is 2.02. The average molecular weight is 405 g/mol. The van der Waals surface area contributed by atoms with Crippen LogP contribution in [0.5, 0.6) is 0 Å². The smallest absolute Gasteiger partial charge is 0.294 e. The van der Waals surface area contributed by atoms with Gasteiger partial charge in [-0.25, -0.2) is 5.01 Å². The van der Waals surface area contributed by atoms with Crippen molar-refractivity contribution in [2.45, 2.75) is 43.5 Å². The molecule has 0 spiro atoms. The zero-order chi connectivity index (χ0) is 20.7. The lowest BCUT2D eigenvalue weighted by Crippen LogP contribution is -2.51. The van der Waals surface area contributed by atoms with Gasteiger partial charge in [0, 0.05) is 6.54 Å². The van der Waals surface area contributed by atoms with Gasteiger partial charge >= 0.3 is 0 Å². The van der Waals surface area contributed by atoms with Gasteiger partial charge in [0.25, 0.3) is 10.1 Å². The lowest BCUT2D eigenvalue weighted by Gasteiger charge is -2.37. The predicted octanol–water partition coefficient (Wildman–Crippen LogP) is 3.20. The van der Waals surface area contributed by atoms with Crippen LogP contribution < -0.4 is 5.43 Å². The molecular weight excluding hydrogens is 376 g/mol. The van der Waals surface area contributed by atoms with E-state index in [1.807, 2.05) is 20.0 Å². The summed E-state index contributed by atoms with van der Waals surface area (Å²) in [5.41, 5.74) is 5.43. The molecule has 1 heterocycles. The van der Waals surface area contributed by atoms with Crippen LogP contribution in [0.25, 0.3) is 0 Å². The SMILES string of the molecule is CNN1CCC(c2ccccc2)CC1C(C)=O.Cc1ccc(S(=O)(=O)O)cc1. The van der Waals surface area contributed by atoms with Gasteiger partial charge in [-0.3, -0.25) is 14.8 Å². The van der Waals surface area contributed by atoms with Crippen LogP contribution in [0.15, 0.2) is 59.5 Å². The minimum Gasteiger partial charge on any atom is -0.298 e. The second-order valence-electron chi connectivity index (χ2n) is 6.96. The summed E-state index contributed by atoms with van der Waals surface area (Å²) in [5, 5.41) is 2.06. The third kappa shape index (κ3) is 6.24. The molecule has 1 fully saturated rings. The van der Waals surface area contributed by atoms with Gasteiger partial charge in [-0.15, -0.1) is 0 Å². The van der Waals surface area contributed by atoms with Gasteiger partial charge in [-0.05, 0) is 57.4 Å². The number of hydrogen-bond donors (Lipinski definition) is 2. The Kier molecular flexibility index (Phi) is 7.88. The number of carbonyl (C=O) groups is 1. The van der Waals surface area contributed by atoms with E-state index in [1.54, 1.807) is 19.1 Å². The van der Waals surface area contributed by atoms with Crippen molar-refractivity contribution >= 4 is 15.9 Å². The van der Waals surface area contributed by atoms with Crippen molar-refractivity contribution in [1.82, 2.24) is 10.4 Å². The van der Waals surface area contributed by atoms with E-state index >= 15 is 0 Å². The summed E-state index contributed by atoms with van der Waals surface area (Å²) >= 11 is 0. The summed E-state index contributed by atoms with van der Waals surface area (Å²) in [4.78, 5) is 11.6. The van der Waals surface area contributed by atoms with Gasteiger partial charge in [0.2, 0.25) is 0 Å². The van der Waals surface area contributed by atoms with Crippen LogP contribution in [0.1, 0.15) is 36.8 Å². The topological polar surface area (TPSA) is 86.7 Å². The molecule has 152 valence electrons. The Bertz CT molecular complexity index is 867. The number of nitrogens with one attached hydrogen (secondary N) is 1. The Morgan fingerprint density at radius 1 is 1.11 bits per heavy atom. The highest BCUT2D eigenvalue weighted by Crippen LogP contribution is 2.30. The highest BCUT2D eigenvalue weighted by Gasteiger charge is 2.31. The number of hydrogen-bond acceptors (Lipinski definition) is 5. The van der Waals surface area contributed by atoms with E-state index in [-0.39, 0.29) is 16.7 Å². The maximum absolute atomic E-state index is 11.7. The van der Waals surface area contributed by atoms with E-state index in [4.69, 9.17) is 4.55 Å². The monoisotopic (exact) mass is 404 g/mol. The van der Waals surface area contributed by atoms with Gasteiger partial charge in [0.1, 0.15) is 5.78 Å². The number of piperidine rings is 1. The number of ketones is 1. The first kappa shape index (κ1) is 22.2. The average Bonchev–Trinajstić information content (AvgIpc) is 2.68. The quantitative estimate of drug-likeness (QED) is 0.761. The predicted molar refractivity (Wildman–Crippen MR) is 110 cm³/mol. The van der Waals surface area contributed by atoms with Crippen molar-refractivity contribution in [2.24, 2.45) is 0 Å². The normalized spacial score (nSPS) is 20.1. The second kappa shape index (κ2) is 9.93. The van der Waals surface area contributed by atoms with Crippen LogP contribution in [-0.4, -0.2) is 43.4 Å². The maximum atomic E-state index is 11.7. The van der Waals surface area contributed by atoms with Crippen molar-refractivity contribution in [2.75, 3.05) is 13.6 Å². The zero-order valence-electron chi connectivity index (χ0n) is 16.5. The number of rotatable bonds is 4. The van der Waals surface area contributed by atoms with Crippen LogP contribution >= 0.6 is 0 Å². The molecule has 2 N–H and O–H groups in total. The number of Topliss-reactive ketones (excluding diaryl/α,β-unsaturated/α-hetero) is 1. The molecule has 2 unspecified atom stereocenters. The molecule has 2 aromatic carbocycles.